The number of rotatable bonds is 3. The van der Waals surface area contributed by atoms with E-state index in [1.807, 2.05) is 19.9 Å². The molecule has 12 nitrogen and oxygen atoms in total. The van der Waals surface area contributed by atoms with Crippen LogP contribution in [-0.4, -0.2) is 60.4 Å². The molecule has 0 aliphatic carbocycles. The van der Waals surface area contributed by atoms with Gasteiger partial charge >= 0.3 is 18.2 Å². The number of carbonyl (C=O) groups is 4. The molecule has 200 valence electrons. The van der Waals surface area contributed by atoms with Gasteiger partial charge in [0.1, 0.15) is 29.5 Å². The third-order valence-corrected chi connectivity index (χ3v) is 5.11. The van der Waals surface area contributed by atoms with Gasteiger partial charge in [-0.2, -0.15) is 0 Å². The van der Waals surface area contributed by atoms with Crippen molar-refractivity contribution in [2.24, 2.45) is 5.92 Å². The Bertz CT molecular complexity index is 979. The highest BCUT2D eigenvalue weighted by molar-refractivity contribution is 5.88. The summed E-state index contributed by atoms with van der Waals surface area (Å²) in [6.45, 7) is 10.3. The molecule has 1 aliphatic heterocycles. The number of methoxy groups -OCH3 is 1. The van der Waals surface area contributed by atoms with Crippen molar-refractivity contribution < 1.29 is 37.8 Å². The molecule has 0 saturated carbocycles. The van der Waals surface area contributed by atoms with E-state index in [1.165, 1.54) is 14.0 Å². The number of hydrogen-bond donors (Lipinski definition) is 3. The highest BCUT2D eigenvalue weighted by Gasteiger charge is 2.35. The molecule has 0 fully saturated rings. The fraction of sp³-hybridized carbons (Fsp3) is 0.625. The molecule has 36 heavy (non-hydrogen) atoms. The normalized spacial score (nSPS) is 21.7. The number of amides is 3. The smallest absolute Gasteiger partial charge is 0.408 e. The van der Waals surface area contributed by atoms with Crippen molar-refractivity contribution in [2.75, 3.05) is 13.7 Å². The number of ether oxygens (including phenoxy) is 3. The average Bonchev–Trinajstić information content (AvgIpc) is 3.18. The first-order valence-electron chi connectivity index (χ1n) is 11.8. The molecule has 1 aliphatic rings. The van der Waals surface area contributed by atoms with Crippen LogP contribution in [0.25, 0.3) is 0 Å². The second-order valence-electron chi connectivity index (χ2n) is 9.67. The Morgan fingerprint density at radius 3 is 2.53 bits per heavy atom. The average molecular weight is 509 g/mol. The van der Waals surface area contributed by atoms with Gasteiger partial charge in [-0.25, -0.2) is 19.4 Å². The molecule has 0 spiro atoms. The molecule has 2 bridgehead atoms. The van der Waals surface area contributed by atoms with Crippen molar-refractivity contribution in [1.29, 1.82) is 0 Å². The highest BCUT2D eigenvalue weighted by atomic mass is 16.6. The topological polar surface area (TPSA) is 158 Å². The van der Waals surface area contributed by atoms with E-state index in [0.717, 1.165) is 0 Å². The zero-order valence-electron chi connectivity index (χ0n) is 21.8. The first-order valence-corrected chi connectivity index (χ1v) is 11.8. The minimum atomic E-state index is -1.30. The van der Waals surface area contributed by atoms with Crippen LogP contribution in [0.2, 0.25) is 0 Å². The van der Waals surface area contributed by atoms with E-state index in [2.05, 4.69) is 20.9 Å². The van der Waals surface area contributed by atoms with Crippen LogP contribution in [0.5, 0.6) is 0 Å². The molecule has 3 amide bonds. The van der Waals surface area contributed by atoms with E-state index in [4.69, 9.17) is 18.6 Å². The Kier molecular flexibility index (Phi) is 9.88. The number of hydrogen-bond acceptors (Lipinski definition) is 9. The molecule has 0 radical (unpaired) electrons. The first-order chi connectivity index (χ1) is 16.8. The number of carbonyl (C=O) groups excluding carboxylic acids is 4. The van der Waals surface area contributed by atoms with Crippen LogP contribution in [0.3, 0.4) is 0 Å². The molecule has 2 rings (SSSR count). The summed E-state index contributed by atoms with van der Waals surface area (Å²) in [5.41, 5.74) is -0.787. The Hall–Kier alpha value is -3.57. The van der Waals surface area contributed by atoms with Gasteiger partial charge in [-0.15, -0.1) is 0 Å². The van der Waals surface area contributed by atoms with E-state index in [0.29, 0.717) is 18.6 Å². The molecule has 0 aromatic carbocycles. The van der Waals surface area contributed by atoms with Crippen molar-refractivity contribution in [1.82, 2.24) is 20.9 Å². The van der Waals surface area contributed by atoms with Gasteiger partial charge in [-0.3, -0.25) is 4.79 Å². The van der Waals surface area contributed by atoms with Gasteiger partial charge in [0.2, 0.25) is 11.8 Å². The minimum absolute atomic E-state index is 0.0264. The van der Waals surface area contributed by atoms with Crippen LogP contribution in [-0.2, 0) is 25.4 Å². The number of cyclic esters (lactones) is 1. The van der Waals surface area contributed by atoms with Gasteiger partial charge in [0.05, 0.1) is 7.11 Å². The summed E-state index contributed by atoms with van der Waals surface area (Å²) >= 11 is 0. The molecule has 0 saturated heterocycles. The van der Waals surface area contributed by atoms with Gasteiger partial charge < -0.3 is 34.6 Å². The van der Waals surface area contributed by atoms with Gasteiger partial charge in [0, 0.05) is 13.0 Å². The van der Waals surface area contributed by atoms with Crippen molar-refractivity contribution in [2.45, 2.75) is 78.2 Å². The van der Waals surface area contributed by atoms with Crippen LogP contribution < -0.4 is 16.0 Å². The SMILES string of the molecule is COC(=O)c1nc2oc1CCC=CCNC(=O)O[C@H](C)[C@H](NC(=O)OC(C)(C)C)C(=O)NC2C(C)C. The first kappa shape index (κ1) is 28.7. The molecule has 1 unspecified atom stereocenters. The standard InChI is InChI=1S/C24H36N4O8/c1-13(2)16-20-27-18(21(30)33-7)15(35-20)11-9-8-10-12-25-22(31)34-14(3)17(19(29)26-16)28-23(32)36-24(4,5)6/h8,10,13-14,16-17H,9,11-12H2,1-7H3,(H,25,31)(H,26,29)(H,28,32)/t14-,16?,17+/m1/s1. The lowest BCUT2D eigenvalue weighted by molar-refractivity contribution is -0.127. The predicted molar refractivity (Wildman–Crippen MR) is 128 cm³/mol. The lowest BCUT2D eigenvalue weighted by Gasteiger charge is -2.28. The van der Waals surface area contributed by atoms with Gasteiger partial charge in [0.25, 0.3) is 0 Å². The summed E-state index contributed by atoms with van der Waals surface area (Å²) in [5.74, 6) is -1.10. The van der Waals surface area contributed by atoms with Crippen LogP contribution in [0, 0.1) is 5.92 Å². The number of oxazole rings is 1. The number of esters is 1. The summed E-state index contributed by atoms with van der Waals surface area (Å²) in [5, 5.41) is 7.83. The molecule has 3 N–H and O–H groups in total. The zero-order valence-corrected chi connectivity index (χ0v) is 21.8. The Labute approximate surface area is 210 Å². The second kappa shape index (κ2) is 12.4. The van der Waals surface area contributed by atoms with Crippen molar-refractivity contribution >= 4 is 24.1 Å². The van der Waals surface area contributed by atoms with E-state index in [-0.39, 0.29) is 24.0 Å². The van der Waals surface area contributed by atoms with Crippen molar-refractivity contribution in [3.63, 3.8) is 0 Å². The summed E-state index contributed by atoms with van der Waals surface area (Å²) in [6.07, 6.45) is 1.70. The highest BCUT2D eigenvalue weighted by Crippen LogP contribution is 2.25. The number of aromatic nitrogens is 1. The molecule has 2 heterocycles. The van der Waals surface area contributed by atoms with Gasteiger partial charge in [-0.05, 0) is 40.0 Å². The van der Waals surface area contributed by atoms with Crippen molar-refractivity contribution in [3.05, 3.63) is 29.5 Å². The molecule has 3 atom stereocenters. The number of alkyl carbamates (subject to hydrolysis) is 2. The third-order valence-electron chi connectivity index (χ3n) is 5.11. The lowest BCUT2D eigenvalue weighted by Crippen LogP contribution is -2.55. The number of nitrogens with one attached hydrogen (secondary N) is 3. The molecular weight excluding hydrogens is 472 g/mol. The Morgan fingerprint density at radius 1 is 1.22 bits per heavy atom. The third kappa shape index (κ3) is 8.28. The van der Waals surface area contributed by atoms with E-state index in [1.54, 1.807) is 26.8 Å². The van der Waals surface area contributed by atoms with Crippen LogP contribution in [0.4, 0.5) is 9.59 Å². The molecule has 1 aromatic heterocycles. The summed E-state index contributed by atoms with van der Waals surface area (Å²) in [7, 11) is 1.24. The predicted octanol–water partition coefficient (Wildman–Crippen LogP) is 2.78. The van der Waals surface area contributed by atoms with Gasteiger partial charge in [-0.1, -0.05) is 26.0 Å². The lowest BCUT2D eigenvalue weighted by atomic mass is 10.0. The maximum atomic E-state index is 13.4. The van der Waals surface area contributed by atoms with E-state index < -0.39 is 47.9 Å². The van der Waals surface area contributed by atoms with Crippen molar-refractivity contribution in [3.8, 4) is 0 Å². The van der Waals surface area contributed by atoms with Gasteiger partial charge in [0.15, 0.2) is 5.69 Å². The second-order valence-corrected chi connectivity index (χ2v) is 9.67. The van der Waals surface area contributed by atoms with Crippen LogP contribution >= 0.6 is 0 Å². The van der Waals surface area contributed by atoms with Crippen LogP contribution in [0.15, 0.2) is 16.6 Å². The fourth-order valence-corrected chi connectivity index (χ4v) is 3.35. The molecule has 1 aromatic rings. The zero-order chi connectivity index (χ0) is 27.0. The maximum Gasteiger partial charge on any atom is 0.408 e. The monoisotopic (exact) mass is 508 g/mol. The minimum Gasteiger partial charge on any atom is -0.464 e. The van der Waals surface area contributed by atoms with E-state index in [9.17, 15) is 19.2 Å². The number of nitrogens with zero attached hydrogens (tertiary/aromatic N) is 1. The largest absolute Gasteiger partial charge is 0.464 e. The Balaban J connectivity index is 2.45. The Morgan fingerprint density at radius 2 is 1.92 bits per heavy atom. The fourth-order valence-electron chi connectivity index (χ4n) is 3.35. The summed E-state index contributed by atoms with van der Waals surface area (Å²) in [6, 6.07) is -2.06. The summed E-state index contributed by atoms with van der Waals surface area (Å²) in [4.78, 5) is 54.7. The number of allylic oxidation sites excluding steroid dienone is 1. The number of fused-ring (bicyclic) bond motifs is 2. The molecule has 12 heteroatoms. The quantitative estimate of drug-likeness (QED) is 0.317. The molecular formula is C24H36N4O8. The number of aryl methyl sites for hydroxylation is 1. The maximum absolute atomic E-state index is 13.4. The summed E-state index contributed by atoms with van der Waals surface area (Å²) < 4.78 is 21.4. The van der Waals surface area contributed by atoms with E-state index >= 15 is 0 Å². The van der Waals surface area contributed by atoms with Crippen LogP contribution in [0.1, 0.15) is 76.1 Å².